The molecule has 0 bridgehead atoms. The highest BCUT2D eigenvalue weighted by molar-refractivity contribution is 5.82. The minimum absolute atomic E-state index is 0.0145. The molecule has 0 unspecified atom stereocenters. The van der Waals surface area contributed by atoms with Crippen LogP contribution in [0.1, 0.15) is 53.3 Å². The van der Waals surface area contributed by atoms with Crippen LogP contribution in [0, 0.1) is 0 Å². The average molecular weight is 576 g/mol. The van der Waals surface area contributed by atoms with E-state index in [9.17, 15) is 19.2 Å². The molecule has 6 atom stereocenters. The van der Waals surface area contributed by atoms with E-state index in [4.69, 9.17) is 28.4 Å². The fourth-order valence-corrected chi connectivity index (χ4v) is 4.78. The van der Waals surface area contributed by atoms with Crippen molar-refractivity contribution in [1.82, 2.24) is 14.9 Å². The quantitative estimate of drug-likeness (QED) is 0.424. The zero-order valence-corrected chi connectivity index (χ0v) is 23.9. The number of rotatable bonds is 9. The molecule has 0 spiro atoms. The summed E-state index contributed by atoms with van der Waals surface area (Å²) in [4.78, 5) is 52.1. The van der Waals surface area contributed by atoms with Gasteiger partial charge in [0.2, 0.25) is 0 Å². The number of amides is 1. The van der Waals surface area contributed by atoms with Gasteiger partial charge in [0.25, 0.3) is 5.56 Å². The Kier molecular flexibility index (Phi) is 9.02. The van der Waals surface area contributed by atoms with Crippen molar-refractivity contribution < 1.29 is 38.0 Å². The van der Waals surface area contributed by atoms with E-state index in [-0.39, 0.29) is 13.2 Å². The second kappa shape index (κ2) is 12.1. The number of hydrogen-bond acceptors (Lipinski definition) is 10. The Morgan fingerprint density at radius 2 is 1.76 bits per heavy atom. The molecule has 1 aromatic heterocycles. The number of alkyl carbamates (subject to hydrolysis) is 1. The van der Waals surface area contributed by atoms with E-state index in [0.29, 0.717) is 0 Å². The lowest BCUT2D eigenvalue weighted by Crippen LogP contribution is -2.51. The Morgan fingerprint density at radius 1 is 1.07 bits per heavy atom. The molecule has 41 heavy (non-hydrogen) atoms. The van der Waals surface area contributed by atoms with Gasteiger partial charge in [0.1, 0.15) is 31.5 Å². The van der Waals surface area contributed by atoms with E-state index in [1.54, 1.807) is 20.8 Å². The van der Waals surface area contributed by atoms with Gasteiger partial charge in [-0.1, -0.05) is 30.3 Å². The second-order valence-corrected chi connectivity index (χ2v) is 11.4. The fourth-order valence-electron chi connectivity index (χ4n) is 4.78. The summed E-state index contributed by atoms with van der Waals surface area (Å²) < 4.78 is 36.1. The van der Waals surface area contributed by atoms with Crippen LogP contribution in [0.5, 0.6) is 0 Å². The fraction of sp³-hybridized carbons (Fsp3) is 0.571. The molecule has 1 aromatic carbocycles. The van der Waals surface area contributed by atoms with Crippen LogP contribution in [0.2, 0.25) is 0 Å². The number of benzene rings is 1. The number of esters is 1. The monoisotopic (exact) mass is 575 g/mol. The van der Waals surface area contributed by atoms with Gasteiger partial charge in [-0.25, -0.2) is 14.4 Å². The third-order valence-corrected chi connectivity index (χ3v) is 6.39. The van der Waals surface area contributed by atoms with Crippen LogP contribution in [-0.2, 0) is 39.8 Å². The number of carbonyl (C=O) groups excluding carboxylic acids is 2. The van der Waals surface area contributed by atoms with Gasteiger partial charge in [-0.2, -0.15) is 0 Å². The molecular formula is C28H37N3O10. The van der Waals surface area contributed by atoms with Crippen LogP contribution in [0.3, 0.4) is 0 Å². The first-order valence-corrected chi connectivity index (χ1v) is 13.4. The first-order chi connectivity index (χ1) is 19.2. The average Bonchev–Trinajstić information content (AvgIpc) is 3.37. The summed E-state index contributed by atoms with van der Waals surface area (Å²) in [5.74, 6) is -1.77. The van der Waals surface area contributed by atoms with Crippen LogP contribution in [0.25, 0.3) is 0 Å². The second-order valence-electron chi connectivity index (χ2n) is 11.4. The van der Waals surface area contributed by atoms with E-state index in [1.165, 1.54) is 16.8 Å². The summed E-state index contributed by atoms with van der Waals surface area (Å²) in [6.45, 7) is 10.3. The summed E-state index contributed by atoms with van der Waals surface area (Å²) in [5, 5.41) is 2.55. The van der Waals surface area contributed by atoms with Gasteiger partial charge in [0.15, 0.2) is 18.1 Å². The van der Waals surface area contributed by atoms with E-state index in [0.717, 1.165) is 5.56 Å². The minimum atomic E-state index is -1.20. The zero-order chi connectivity index (χ0) is 29.9. The minimum Gasteiger partial charge on any atom is -0.461 e. The SMILES string of the molecule is C[C@@H](OC(C)(C)C)[C@H](NC(=O)OCc1ccccc1)C(=O)OC[C@H]1O[C@@H](n2ccc(=O)[nH]c2=O)[C@@H]2OC(C)(C)O[C@@H]21. The summed E-state index contributed by atoms with van der Waals surface area (Å²) in [6.07, 6.45) is -3.46. The highest BCUT2D eigenvalue weighted by Crippen LogP contribution is 2.42. The Morgan fingerprint density at radius 3 is 2.41 bits per heavy atom. The normalized spacial score (nSPS) is 24.7. The Labute approximate surface area is 237 Å². The molecule has 3 heterocycles. The number of nitrogens with zero attached hydrogens (tertiary/aromatic N) is 1. The van der Waals surface area contributed by atoms with E-state index in [2.05, 4.69) is 10.3 Å². The lowest BCUT2D eigenvalue weighted by atomic mass is 10.1. The Bertz CT molecular complexity index is 1330. The highest BCUT2D eigenvalue weighted by Gasteiger charge is 2.56. The molecule has 13 nitrogen and oxygen atoms in total. The van der Waals surface area contributed by atoms with Gasteiger partial charge < -0.3 is 33.7 Å². The van der Waals surface area contributed by atoms with Gasteiger partial charge >= 0.3 is 17.8 Å². The molecule has 224 valence electrons. The zero-order valence-electron chi connectivity index (χ0n) is 23.9. The third-order valence-electron chi connectivity index (χ3n) is 6.39. The number of aromatic nitrogens is 2. The van der Waals surface area contributed by atoms with E-state index >= 15 is 0 Å². The van der Waals surface area contributed by atoms with Crippen molar-refractivity contribution >= 4 is 12.1 Å². The van der Waals surface area contributed by atoms with Crippen LogP contribution < -0.4 is 16.6 Å². The van der Waals surface area contributed by atoms with Crippen molar-refractivity contribution in [3.05, 3.63) is 69.0 Å². The molecule has 2 saturated heterocycles. The van der Waals surface area contributed by atoms with Gasteiger partial charge in [-0.05, 0) is 47.1 Å². The molecule has 2 aliphatic heterocycles. The molecule has 0 saturated carbocycles. The van der Waals surface area contributed by atoms with Crippen molar-refractivity contribution in [3.8, 4) is 0 Å². The molecule has 2 aromatic rings. The Hall–Kier alpha value is -3.52. The number of H-pyrrole nitrogens is 1. The number of fused-ring (bicyclic) bond motifs is 1. The first kappa shape index (κ1) is 30.4. The molecule has 0 aliphatic carbocycles. The maximum atomic E-state index is 13.3. The third kappa shape index (κ3) is 7.82. The molecule has 1 amide bonds. The van der Waals surface area contributed by atoms with Crippen LogP contribution >= 0.6 is 0 Å². The summed E-state index contributed by atoms with van der Waals surface area (Å²) >= 11 is 0. The summed E-state index contributed by atoms with van der Waals surface area (Å²) in [5.41, 5.74) is -1.07. The molecule has 2 aliphatic rings. The maximum absolute atomic E-state index is 13.3. The smallest absolute Gasteiger partial charge is 0.408 e. The van der Waals surface area contributed by atoms with Gasteiger partial charge in [0.05, 0.1) is 11.7 Å². The van der Waals surface area contributed by atoms with Gasteiger partial charge in [-0.3, -0.25) is 14.3 Å². The van der Waals surface area contributed by atoms with Crippen LogP contribution in [-0.4, -0.2) is 70.1 Å². The van der Waals surface area contributed by atoms with Gasteiger partial charge in [-0.15, -0.1) is 0 Å². The van der Waals surface area contributed by atoms with Crippen molar-refractivity contribution in [2.24, 2.45) is 0 Å². The van der Waals surface area contributed by atoms with Crippen molar-refractivity contribution in [2.45, 2.75) is 96.2 Å². The molecule has 2 fully saturated rings. The van der Waals surface area contributed by atoms with Gasteiger partial charge in [0, 0.05) is 12.3 Å². The van der Waals surface area contributed by atoms with Crippen LogP contribution in [0.15, 0.2) is 52.2 Å². The number of aromatic amines is 1. The van der Waals surface area contributed by atoms with Crippen LogP contribution in [0.4, 0.5) is 4.79 Å². The van der Waals surface area contributed by atoms with Crippen molar-refractivity contribution in [1.29, 1.82) is 0 Å². The van der Waals surface area contributed by atoms with E-state index in [1.807, 2.05) is 51.1 Å². The van der Waals surface area contributed by atoms with E-state index < -0.39 is 71.4 Å². The number of nitrogens with one attached hydrogen (secondary N) is 2. The predicted octanol–water partition coefficient (Wildman–Crippen LogP) is 2.00. The largest absolute Gasteiger partial charge is 0.461 e. The molecule has 13 heteroatoms. The first-order valence-electron chi connectivity index (χ1n) is 13.4. The topological polar surface area (TPSA) is 156 Å². The number of hydrogen-bond donors (Lipinski definition) is 2. The summed E-state index contributed by atoms with van der Waals surface area (Å²) in [6, 6.07) is 9.10. The molecule has 4 rings (SSSR count). The lowest BCUT2D eigenvalue weighted by Gasteiger charge is -2.30. The molecule has 2 N–H and O–H groups in total. The summed E-state index contributed by atoms with van der Waals surface area (Å²) in [7, 11) is 0. The Balaban J connectivity index is 1.45. The highest BCUT2D eigenvalue weighted by atomic mass is 16.8. The standard InChI is InChI=1S/C28H37N3O10/c1-16(39-27(2,3)4)20(30-26(35)37-14-17-10-8-7-9-11-17)24(33)36-15-18-21-22(41-28(5,6)40-21)23(38-18)31-13-12-19(32)29-25(31)34/h7-13,16,18,20-23H,14-15H2,1-6H3,(H,30,35)(H,29,32,34)/t16-,18-,20+,21-,22-,23-/m1/s1. The predicted molar refractivity (Wildman–Crippen MR) is 144 cm³/mol. The number of ether oxygens (including phenoxy) is 6. The lowest BCUT2D eigenvalue weighted by molar-refractivity contribution is -0.203. The van der Waals surface area contributed by atoms with Crippen molar-refractivity contribution in [2.75, 3.05) is 6.61 Å². The maximum Gasteiger partial charge on any atom is 0.408 e. The van der Waals surface area contributed by atoms with Crippen molar-refractivity contribution in [3.63, 3.8) is 0 Å². The molecular weight excluding hydrogens is 538 g/mol. The molecule has 0 radical (unpaired) electrons. The number of carbonyl (C=O) groups is 2.